The number of nitrogens with zero attached hydrogens (tertiary/aromatic N) is 1. The largest absolute Gasteiger partial charge is 0.350 e. The number of carbonyl (C=O) groups excluding carboxylic acids is 1. The fraction of sp³-hybridized carbons (Fsp3) is 0.923. The maximum Gasteiger partial charge on any atom is 0.240 e. The van der Waals surface area contributed by atoms with E-state index in [2.05, 4.69) is 22.6 Å². The van der Waals surface area contributed by atoms with Gasteiger partial charge in [-0.25, -0.2) is 0 Å². The molecule has 4 heteroatoms. The van der Waals surface area contributed by atoms with Crippen LogP contribution in [0.5, 0.6) is 0 Å². The summed E-state index contributed by atoms with van der Waals surface area (Å²) in [5, 5.41) is 6.59. The van der Waals surface area contributed by atoms with Crippen molar-refractivity contribution in [2.24, 2.45) is 0 Å². The molecule has 2 heterocycles. The monoisotopic (exact) mass is 239 g/mol. The lowest BCUT2D eigenvalue weighted by Gasteiger charge is -2.37. The first-order valence-corrected chi connectivity index (χ1v) is 6.85. The molecular weight excluding hydrogens is 214 g/mol. The highest BCUT2D eigenvalue weighted by molar-refractivity contribution is 5.86. The van der Waals surface area contributed by atoms with Crippen molar-refractivity contribution < 1.29 is 4.79 Å². The van der Waals surface area contributed by atoms with Gasteiger partial charge < -0.3 is 15.5 Å². The Labute approximate surface area is 104 Å². The number of nitrogens with one attached hydrogen (secondary N) is 2. The topological polar surface area (TPSA) is 44.4 Å². The maximum absolute atomic E-state index is 12.3. The molecular formula is C13H25N3O. The van der Waals surface area contributed by atoms with Crippen LogP contribution in [0.15, 0.2) is 0 Å². The van der Waals surface area contributed by atoms with Gasteiger partial charge in [0.15, 0.2) is 0 Å². The summed E-state index contributed by atoms with van der Waals surface area (Å²) in [6.07, 6.45) is 5.61. The van der Waals surface area contributed by atoms with E-state index in [0.29, 0.717) is 6.04 Å². The summed E-state index contributed by atoms with van der Waals surface area (Å²) in [5.41, 5.74) is -0.339. The quantitative estimate of drug-likeness (QED) is 0.746. The summed E-state index contributed by atoms with van der Waals surface area (Å²) in [6, 6.07) is 0.335. The van der Waals surface area contributed by atoms with E-state index in [1.54, 1.807) is 0 Å². The molecule has 2 atom stereocenters. The van der Waals surface area contributed by atoms with Crippen LogP contribution < -0.4 is 10.6 Å². The molecule has 2 N–H and O–H groups in total. The predicted molar refractivity (Wildman–Crippen MR) is 68.9 cm³/mol. The second kappa shape index (κ2) is 5.36. The Hall–Kier alpha value is -0.610. The van der Waals surface area contributed by atoms with E-state index in [-0.39, 0.29) is 11.4 Å². The SMILES string of the molecule is CN1CCCC(NC(=O)C2(C)CCCCN2)C1. The van der Waals surface area contributed by atoms with Gasteiger partial charge in [0, 0.05) is 12.6 Å². The molecule has 0 saturated carbocycles. The summed E-state index contributed by atoms with van der Waals surface area (Å²) in [7, 11) is 2.12. The number of amides is 1. The number of likely N-dealkylation sites (tertiary alicyclic amines) is 1. The smallest absolute Gasteiger partial charge is 0.240 e. The molecule has 2 saturated heterocycles. The number of rotatable bonds is 2. The molecule has 0 spiro atoms. The van der Waals surface area contributed by atoms with Crippen molar-refractivity contribution in [2.75, 3.05) is 26.7 Å². The Balaban J connectivity index is 1.87. The number of likely N-dealkylation sites (N-methyl/N-ethyl adjacent to an activating group) is 1. The van der Waals surface area contributed by atoms with Crippen molar-refractivity contribution in [1.82, 2.24) is 15.5 Å². The number of carbonyl (C=O) groups is 1. The Morgan fingerprint density at radius 3 is 2.88 bits per heavy atom. The van der Waals surface area contributed by atoms with Crippen molar-refractivity contribution in [1.29, 1.82) is 0 Å². The molecule has 0 aliphatic carbocycles. The molecule has 2 fully saturated rings. The minimum atomic E-state index is -0.339. The lowest BCUT2D eigenvalue weighted by Crippen LogP contribution is -2.60. The molecule has 0 aromatic heterocycles. The number of hydrogen-bond donors (Lipinski definition) is 2. The number of hydrogen-bond acceptors (Lipinski definition) is 3. The van der Waals surface area contributed by atoms with Crippen LogP contribution in [-0.4, -0.2) is 49.1 Å². The van der Waals surface area contributed by atoms with Crippen molar-refractivity contribution in [3.05, 3.63) is 0 Å². The van der Waals surface area contributed by atoms with E-state index in [9.17, 15) is 4.79 Å². The molecule has 1 amide bonds. The minimum Gasteiger partial charge on any atom is -0.350 e. The average molecular weight is 239 g/mol. The summed E-state index contributed by atoms with van der Waals surface area (Å²) >= 11 is 0. The number of piperidine rings is 2. The molecule has 0 radical (unpaired) electrons. The van der Waals surface area contributed by atoms with Gasteiger partial charge in [-0.15, -0.1) is 0 Å². The predicted octanol–water partition coefficient (Wildman–Crippen LogP) is 0.729. The molecule has 2 unspecified atom stereocenters. The van der Waals surface area contributed by atoms with E-state index < -0.39 is 0 Å². The molecule has 2 rings (SSSR count). The molecule has 4 nitrogen and oxygen atoms in total. The van der Waals surface area contributed by atoms with Gasteiger partial charge in [0.1, 0.15) is 0 Å². The highest BCUT2D eigenvalue weighted by Gasteiger charge is 2.35. The first kappa shape index (κ1) is 12.8. The van der Waals surface area contributed by atoms with Crippen molar-refractivity contribution in [3.63, 3.8) is 0 Å². The van der Waals surface area contributed by atoms with Crippen molar-refractivity contribution in [2.45, 2.75) is 50.6 Å². The Morgan fingerprint density at radius 1 is 1.41 bits per heavy atom. The summed E-state index contributed by atoms with van der Waals surface area (Å²) in [5.74, 6) is 0.192. The van der Waals surface area contributed by atoms with Gasteiger partial charge in [-0.2, -0.15) is 0 Å². The van der Waals surface area contributed by atoms with Gasteiger partial charge in [0.05, 0.1) is 5.54 Å². The average Bonchev–Trinajstić information content (AvgIpc) is 2.30. The van der Waals surface area contributed by atoms with E-state index in [1.807, 2.05) is 6.92 Å². The zero-order valence-electron chi connectivity index (χ0n) is 11.1. The Bertz CT molecular complexity index is 274. The molecule has 0 bridgehead atoms. The normalized spacial score (nSPS) is 35.5. The lowest BCUT2D eigenvalue weighted by molar-refractivity contribution is -0.129. The second-order valence-electron chi connectivity index (χ2n) is 5.79. The van der Waals surface area contributed by atoms with E-state index >= 15 is 0 Å². The van der Waals surface area contributed by atoms with Gasteiger partial charge in [-0.1, -0.05) is 0 Å². The van der Waals surface area contributed by atoms with Crippen LogP contribution in [0.2, 0.25) is 0 Å². The molecule has 98 valence electrons. The summed E-state index contributed by atoms with van der Waals surface area (Å²) in [6.45, 7) is 5.15. The zero-order valence-corrected chi connectivity index (χ0v) is 11.1. The van der Waals surface area contributed by atoms with Gasteiger partial charge in [-0.3, -0.25) is 4.79 Å². The van der Waals surface area contributed by atoms with Gasteiger partial charge in [0.25, 0.3) is 0 Å². The van der Waals surface area contributed by atoms with Crippen LogP contribution in [0.4, 0.5) is 0 Å². The molecule has 2 aliphatic rings. The minimum absolute atomic E-state index is 0.192. The van der Waals surface area contributed by atoms with Crippen molar-refractivity contribution >= 4 is 5.91 Å². The van der Waals surface area contributed by atoms with Crippen LogP contribution in [0.1, 0.15) is 39.0 Å². The van der Waals surface area contributed by atoms with Crippen LogP contribution in [0.3, 0.4) is 0 Å². The molecule has 0 aromatic carbocycles. The van der Waals surface area contributed by atoms with Gasteiger partial charge in [-0.05, 0) is 59.2 Å². The van der Waals surface area contributed by atoms with Gasteiger partial charge in [0.2, 0.25) is 5.91 Å². The van der Waals surface area contributed by atoms with E-state index in [4.69, 9.17) is 0 Å². The van der Waals surface area contributed by atoms with Crippen molar-refractivity contribution in [3.8, 4) is 0 Å². The van der Waals surface area contributed by atoms with E-state index in [1.165, 1.54) is 12.8 Å². The van der Waals surface area contributed by atoms with Crippen LogP contribution >= 0.6 is 0 Å². The standard InChI is InChI=1S/C13H25N3O/c1-13(7-3-4-8-14-13)12(17)15-11-6-5-9-16(2)10-11/h11,14H,3-10H2,1-2H3,(H,15,17). The second-order valence-corrected chi connectivity index (χ2v) is 5.79. The maximum atomic E-state index is 12.3. The third-order valence-electron chi connectivity index (χ3n) is 4.08. The van der Waals surface area contributed by atoms with Crippen LogP contribution in [0.25, 0.3) is 0 Å². The lowest BCUT2D eigenvalue weighted by atomic mass is 9.89. The molecule has 2 aliphatic heterocycles. The van der Waals surface area contributed by atoms with Crippen LogP contribution in [-0.2, 0) is 4.79 Å². The fourth-order valence-electron chi connectivity index (χ4n) is 2.88. The van der Waals surface area contributed by atoms with E-state index in [0.717, 1.165) is 38.9 Å². The molecule has 0 aromatic rings. The van der Waals surface area contributed by atoms with Crippen LogP contribution in [0, 0.1) is 0 Å². The fourth-order valence-corrected chi connectivity index (χ4v) is 2.88. The first-order chi connectivity index (χ1) is 8.10. The first-order valence-electron chi connectivity index (χ1n) is 6.85. The highest BCUT2D eigenvalue weighted by Crippen LogP contribution is 2.19. The third kappa shape index (κ3) is 3.19. The molecule has 17 heavy (non-hydrogen) atoms. The Kier molecular flexibility index (Phi) is 4.05. The summed E-state index contributed by atoms with van der Waals surface area (Å²) < 4.78 is 0. The Morgan fingerprint density at radius 2 is 2.24 bits per heavy atom. The third-order valence-corrected chi connectivity index (χ3v) is 4.08. The van der Waals surface area contributed by atoms with Gasteiger partial charge >= 0.3 is 0 Å². The summed E-state index contributed by atoms with van der Waals surface area (Å²) in [4.78, 5) is 14.6. The highest BCUT2D eigenvalue weighted by atomic mass is 16.2. The zero-order chi connectivity index (χ0) is 12.3.